The monoisotopic (exact) mass is 403 g/mol. The molecule has 114 valence electrons. The van der Waals surface area contributed by atoms with E-state index in [4.69, 9.17) is 10.7 Å². The van der Waals surface area contributed by atoms with Crippen LogP contribution in [-0.4, -0.2) is 19.8 Å². The van der Waals surface area contributed by atoms with Gasteiger partial charge in [0.15, 0.2) is 5.75 Å². The first-order chi connectivity index (χ1) is 8.97. The van der Waals surface area contributed by atoms with Crippen LogP contribution in [0.25, 0.3) is 0 Å². The van der Waals surface area contributed by atoms with Gasteiger partial charge in [-0.3, -0.25) is 4.98 Å². The first-order valence-corrected chi connectivity index (χ1v) is 7.96. The molecular formula is C8H4BrClF5NO3S. The third-order valence-corrected chi connectivity index (χ3v) is 3.82. The van der Waals surface area contributed by atoms with Crippen LogP contribution in [0.1, 0.15) is 17.7 Å². The second-order valence-electron chi connectivity index (χ2n) is 3.24. The van der Waals surface area contributed by atoms with E-state index < -0.39 is 43.7 Å². The van der Waals surface area contributed by atoms with Crippen molar-refractivity contribution in [1.29, 1.82) is 0 Å². The molecule has 0 radical (unpaired) electrons. The maximum atomic E-state index is 12.7. The summed E-state index contributed by atoms with van der Waals surface area (Å²) in [5.41, 5.74) is -1.81. The SMILES string of the molecule is O=S(=O)(Cl)c1c(C(F)F)cnc(CBr)c1OC(F)(F)F. The summed E-state index contributed by atoms with van der Waals surface area (Å²) < 4.78 is 88.2. The highest BCUT2D eigenvalue weighted by Gasteiger charge is 2.38. The molecule has 0 bridgehead atoms. The van der Waals surface area contributed by atoms with Crippen molar-refractivity contribution in [2.24, 2.45) is 0 Å². The van der Waals surface area contributed by atoms with Gasteiger partial charge in [-0.05, 0) is 0 Å². The summed E-state index contributed by atoms with van der Waals surface area (Å²) in [6, 6.07) is 0. The molecule has 0 N–H and O–H groups in total. The molecule has 1 aromatic rings. The van der Waals surface area contributed by atoms with Gasteiger partial charge in [0.25, 0.3) is 15.5 Å². The Morgan fingerprint density at radius 1 is 1.40 bits per heavy atom. The number of nitrogens with zero attached hydrogens (tertiary/aromatic N) is 1. The topological polar surface area (TPSA) is 56.3 Å². The van der Waals surface area contributed by atoms with Gasteiger partial charge in [-0.2, -0.15) is 0 Å². The maximum Gasteiger partial charge on any atom is 0.573 e. The Bertz CT molecular complexity index is 607. The predicted octanol–water partition coefficient (Wildman–Crippen LogP) is 3.74. The Kier molecular flexibility index (Phi) is 5.19. The first kappa shape index (κ1) is 17.4. The highest BCUT2D eigenvalue weighted by molar-refractivity contribution is 9.08. The molecule has 0 aliphatic rings. The van der Waals surface area contributed by atoms with Gasteiger partial charge in [-0.1, -0.05) is 15.9 Å². The smallest absolute Gasteiger partial charge is 0.402 e. The molecule has 0 atom stereocenters. The minimum absolute atomic E-state index is 0.360. The highest BCUT2D eigenvalue weighted by atomic mass is 79.9. The quantitative estimate of drug-likeness (QED) is 0.436. The third-order valence-electron chi connectivity index (χ3n) is 1.91. The summed E-state index contributed by atoms with van der Waals surface area (Å²) in [5.74, 6) is -1.37. The molecule has 0 amide bonds. The Labute approximate surface area is 122 Å². The fourth-order valence-electron chi connectivity index (χ4n) is 1.25. The van der Waals surface area contributed by atoms with E-state index in [1.165, 1.54) is 0 Å². The van der Waals surface area contributed by atoms with Crippen molar-refractivity contribution in [3.8, 4) is 5.75 Å². The van der Waals surface area contributed by atoms with Crippen LogP contribution in [0.15, 0.2) is 11.1 Å². The molecule has 0 unspecified atom stereocenters. The molecule has 0 aliphatic carbocycles. The third kappa shape index (κ3) is 4.16. The molecule has 0 fully saturated rings. The van der Waals surface area contributed by atoms with Crippen LogP contribution in [0.4, 0.5) is 22.0 Å². The molecule has 0 saturated carbocycles. The van der Waals surface area contributed by atoms with E-state index in [9.17, 15) is 30.4 Å². The van der Waals surface area contributed by atoms with E-state index in [0.29, 0.717) is 6.20 Å². The van der Waals surface area contributed by atoms with Gasteiger partial charge in [0, 0.05) is 22.2 Å². The Morgan fingerprint density at radius 2 is 1.95 bits per heavy atom. The van der Waals surface area contributed by atoms with Gasteiger partial charge in [-0.25, -0.2) is 17.2 Å². The lowest BCUT2D eigenvalue weighted by atomic mass is 10.2. The molecule has 0 spiro atoms. The minimum Gasteiger partial charge on any atom is -0.402 e. The maximum absolute atomic E-state index is 12.7. The zero-order valence-corrected chi connectivity index (χ0v) is 12.2. The van der Waals surface area contributed by atoms with E-state index in [1.807, 2.05) is 0 Å². The Morgan fingerprint density at radius 3 is 2.30 bits per heavy atom. The molecule has 1 rings (SSSR count). The van der Waals surface area contributed by atoms with Crippen molar-refractivity contribution in [2.45, 2.75) is 23.0 Å². The van der Waals surface area contributed by atoms with Gasteiger partial charge in [0.1, 0.15) is 4.90 Å². The molecule has 20 heavy (non-hydrogen) atoms. The van der Waals surface area contributed by atoms with Gasteiger partial charge in [0.05, 0.1) is 11.3 Å². The van der Waals surface area contributed by atoms with Crippen LogP contribution < -0.4 is 4.74 Å². The molecule has 12 heteroatoms. The van der Waals surface area contributed by atoms with E-state index >= 15 is 0 Å². The van der Waals surface area contributed by atoms with E-state index in [1.54, 1.807) is 0 Å². The van der Waals surface area contributed by atoms with E-state index in [2.05, 4.69) is 25.7 Å². The average Bonchev–Trinajstić information content (AvgIpc) is 2.24. The number of alkyl halides is 6. The van der Waals surface area contributed by atoms with Crippen molar-refractivity contribution in [2.75, 3.05) is 0 Å². The van der Waals surface area contributed by atoms with Gasteiger partial charge < -0.3 is 4.74 Å². The highest BCUT2D eigenvalue weighted by Crippen LogP contribution is 2.40. The second kappa shape index (κ2) is 5.98. The minimum atomic E-state index is -5.30. The van der Waals surface area contributed by atoms with Gasteiger partial charge >= 0.3 is 6.36 Å². The zero-order chi connectivity index (χ0) is 15.7. The summed E-state index contributed by atoms with van der Waals surface area (Å²) in [6.45, 7) is 0. The average molecular weight is 405 g/mol. The van der Waals surface area contributed by atoms with E-state index in [-0.39, 0.29) is 5.33 Å². The summed E-state index contributed by atoms with van der Waals surface area (Å²) in [4.78, 5) is 1.85. The molecule has 0 aliphatic heterocycles. The van der Waals surface area contributed by atoms with Crippen LogP contribution in [0.3, 0.4) is 0 Å². The van der Waals surface area contributed by atoms with E-state index in [0.717, 1.165) is 0 Å². The van der Waals surface area contributed by atoms with Crippen molar-refractivity contribution in [3.63, 3.8) is 0 Å². The zero-order valence-electron chi connectivity index (χ0n) is 9.09. The lowest BCUT2D eigenvalue weighted by molar-refractivity contribution is -0.276. The number of hydrogen-bond donors (Lipinski definition) is 0. The summed E-state index contributed by atoms with van der Waals surface area (Å²) in [5, 5.41) is -0.360. The number of rotatable bonds is 4. The normalized spacial score (nSPS) is 12.8. The number of hydrogen-bond acceptors (Lipinski definition) is 4. The van der Waals surface area contributed by atoms with Gasteiger partial charge in [-0.15, -0.1) is 13.2 Å². The summed E-state index contributed by atoms with van der Waals surface area (Å²) in [6.07, 6.45) is -8.26. The van der Waals surface area contributed by atoms with Crippen LogP contribution in [0, 0.1) is 0 Å². The second-order valence-corrected chi connectivity index (χ2v) is 6.30. The molecule has 0 aromatic carbocycles. The fraction of sp³-hybridized carbons (Fsp3) is 0.375. The molecule has 1 aromatic heterocycles. The summed E-state index contributed by atoms with van der Waals surface area (Å²) >= 11 is 2.74. The van der Waals surface area contributed by atoms with Gasteiger partial charge in [0.2, 0.25) is 0 Å². The van der Waals surface area contributed by atoms with Crippen molar-refractivity contribution in [1.82, 2.24) is 4.98 Å². The Hall–Kier alpha value is -0.680. The van der Waals surface area contributed by atoms with Crippen LogP contribution >= 0.6 is 26.6 Å². The predicted molar refractivity (Wildman–Crippen MR) is 61.5 cm³/mol. The first-order valence-electron chi connectivity index (χ1n) is 4.53. The van der Waals surface area contributed by atoms with Crippen molar-refractivity contribution in [3.05, 3.63) is 17.5 Å². The standard InChI is InChI=1S/C8H4BrClF5NO3S/c9-1-4-5(19-8(13,14)15)6(20(10,17)18)3(2-16-4)7(11)12/h2,7H,1H2. The number of aromatic nitrogens is 1. The lowest BCUT2D eigenvalue weighted by Crippen LogP contribution is -2.20. The van der Waals surface area contributed by atoms with Crippen LogP contribution in [0.2, 0.25) is 0 Å². The molecular weight excluding hydrogens is 401 g/mol. The largest absolute Gasteiger partial charge is 0.573 e. The van der Waals surface area contributed by atoms with Crippen LogP contribution in [0.5, 0.6) is 5.75 Å². The molecule has 4 nitrogen and oxygen atoms in total. The lowest BCUT2D eigenvalue weighted by Gasteiger charge is -2.16. The number of ether oxygens (including phenoxy) is 1. The number of pyridine rings is 1. The molecule has 1 heterocycles. The van der Waals surface area contributed by atoms with Crippen molar-refractivity contribution < 1.29 is 35.1 Å². The van der Waals surface area contributed by atoms with Crippen molar-refractivity contribution >= 4 is 35.7 Å². The fourth-order valence-corrected chi connectivity index (χ4v) is 2.93. The van der Waals surface area contributed by atoms with Crippen LogP contribution in [-0.2, 0) is 14.4 Å². The Balaban J connectivity index is 3.70. The summed E-state index contributed by atoms with van der Waals surface area (Å²) in [7, 11) is 0.0115. The molecule has 0 saturated heterocycles. The number of halogens is 7.